The lowest BCUT2D eigenvalue weighted by molar-refractivity contribution is 0.0719. The molecule has 194 valence electrons. The number of hydrogen-bond donors (Lipinski definition) is 0. The van der Waals surface area contributed by atoms with Gasteiger partial charge in [-0.15, -0.1) is 0 Å². The van der Waals surface area contributed by atoms with Crippen molar-refractivity contribution in [3.05, 3.63) is 119 Å². The van der Waals surface area contributed by atoms with Crippen molar-refractivity contribution in [1.82, 2.24) is 10.1 Å². The van der Waals surface area contributed by atoms with Crippen molar-refractivity contribution in [2.45, 2.75) is 0 Å². The van der Waals surface area contributed by atoms with Crippen LogP contribution in [0, 0.1) is 23.3 Å². The summed E-state index contributed by atoms with van der Waals surface area (Å²) in [4.78, 5) is 28.6. The Morgan fingerprint density at radius 1 is 0.615 bits per heavy atom. The van der Waals surface area contributed by atoms with Gasteiger partial charge in [0.2, 0.25) is 5.82 Å². The average molecular weight is 534 g/mol. The molecule has 0 aliphatic rings. The van der Waals surface area contributed by atoms with E-state index in [1.807, 2.05) is 0 Å². The molecule has 0 saturated heterocycles. The molecule has 5 aromatic rings. The third-order valence-corrected chi connectivity index (χ3v) is 5.40. The number of aromatic nitrogens is 2. The second-order valence-electron chi connectivity index (χ2n) is 7.95. The molecular weight excluding hydrogens is 520 g/mol. The number of rotatable bonds is 6. The summed E-state index contributed by atoms with van der Waals surface area (Å²) in [6.07, 6.45) is 0. The highest BCUT2D eigenvalue weighted by Crippen LogP contribution is 2.26. The van der Waals surface area contributed by atoms with Gasteiger partial charge in [-0.3, -0.25) is 0 Å². The summed E-state index contributed by atoms with van der Waals surface area (Å²) in [6, 6.07) is 18.2. The number of hydrogen-bond acceptors (Lipinski definition) is 7. The van der Waals surface area contributed by atoms with E-state index in [-0.39, 0.29) is 23.2 Å². The van der Waals surface area contributed by atoms with Gasteiger partial charge in [-0.1, -0.05) is 17.3 Å². The Bertz CT molecular complexity index is 1560. The Morgan fingerprint density at radius 3 is 1.56 bits per heavy atom. The summed E-state index contributed by atoms with van der Waals surface area (Å²) in [5, 5.41) is 3.90. The van der Waals surface area contributed by atoms with Crippen molar-refractivity contribution in [3.63, 3.8) is 0 Å². The van der Waals surface area contributed by atoms with Crippen LogP contribution >= 0.6 is 0 Å². The number of halogens is 4. The van der Waals surface area contributed by atoms with Crippen molar-refractivity contribution in [1.29, 1.82) is 0 Å². The molecular formula is C28H14F4N2O5. The zero-order valence-corrected chi connectivity index (χ0v) is 19.5. The lowest BCUT2D eigenvalue weighted by atomic mass is 10.2. The van der Waals surface area contributed by atoms with Crippen LogP contribution in [0.15, 0.2) is 89.5 Å². The topological polar surface area (TPSA) is 91.5 Å². The molecule has 1 heterocycles. The first-order valence-corrected chi connectivity index (χ1v) is 11.2. The van der Waals surface area contributed by atoms with Crippen LogP contribution < -0.4 is 9.47 Å². The number of ether oxygens (including phenoxy) is 2. The summed E-state index contributed by atoms with van der Waals surface area (Å²) in [7, 11) is 0. The van der Waals surface area contributed by atoms with Gasteiger partial charge in [-0.25, -0.2) is 27.2 Å². The Hall–Kier alpha value is -5.32. The molecule has 4 aromatic carbocycles. The lowest BCUT2D eigenvalue weighted by Gasteiger charge is -2.06. The molecule has 11 heteroatoms. The van der Waals surface area contributed by atoms with E-state index in [0.717, 1.165) is 24.3 Å². The zero-order valence-electron chi connectivity index (χ0n) is 19.5. The zero-order chi connectivity index (χ0) is 27.5. The van der Waals surface area contributed by atoms with Gasteiger partial charge in [0.15, 0.2) is 23.3 Å². The predicted molar refractivity (Wildman–Crippen MR) is 128 cm³/mol. The third kappa shape index (κ3) is 5.37. The van der Waals surface area contributed by atoms with Gasteiger partial charge in [-0.05, 0) is 72.8 Å². The van der Waals surface area contributed by atoms with Crippen LogP contribution in [0.25, 0.3) is 22.8 Å². The molecule has 0 spiro atoms. The van der Waals surface area contributed by atoms with E-state index in [2.05, 4.69) is 10.1 Å². The normalized spacial score (nSPS) is 10.8. The smallest absolute Gasteiger partial charge is 0.346 e. The summed E-state index contributed by atoms with van der Waals surface area (Å²) in [5.41, 5.74) is -0.0936. The Morgan fingerprint density at radius 2 is 1.08 bits per heavy atom. The van der Waals surface area contributed by atoms with Crippen LogP contribution in [-0.2, 0) is 0 Å². The van der Waals surface area contributed by atoms with E-state index >= 15 is 0 Å². The van der Waals surface area contributed by atoms with Crippen molar-refractivity contribution >= 4 is 11.9 Å². The molecule has 0 unspecified atom stereocenters. The maximum Gasteiger partial charge on any atom is 0.346 e. The fraction of sp³-hybridized carbons (Fsp3) is 0. The first-order valence-electron chi connectivity index (χ1n) is 11.2. The van der Waals surface area contributed by atoms with Gasteiger partial charge in [0, 0.05) is 11.1 Å². The van der Waals surface area contributed by atoms with Crippen LogP contribution in [0.5, 0.6) is 11.5 Å². The fourth-order valence-corrected chi connectivity index (χ4v) is 3.44. The van der Waals surface area contributed by atoms with Gasteiger partial charge in [-0.2, -0.15) is 4.98 Å². The van der Waals surface area contributed by atoms with E-state index in [0.29, 0.717) is 11.1 Å². The monoisotopic (exact) mass is 534 g/mol. The highest BCUT2D eigenvalue weighted by atomic mass is 19.2. The van der Waals surface area contributed by atoms with Gasteiger partial charge in [0.05, 0.1) is 11.1 Å². The highest BCUT2D eigenvalue weighted by Gasteiger charge is 2.19. The molecule has 0 aliphatic carbocycles. The van der Waals surface area contributed by atoms with E-state index in [9.17, 15) is 27.2 Å². The number of esters is 2. The minimum Gasteiger partial charge on any atom is -0.423 e. The molecule has 0 amide bonds. The van der Waals surface area contributed by atoms with Gasteiger partial charge in [0.1, 0.15) is 11.5 Å². The second-order valence-corrected chi connectivity index (χ2v) is 7.95. The Kier molecular flexibility index (Phi) is 6.87. The van der Waals surface area contributed by atoms with Crippen LogP contribution in [0.3, 0.4) is 0 Å². The number of carbonyl (C=O) groups is 2. The van der Waals surface area contributed by atoms with Gasteiger partial charge < -0.3 is 14.0 Å². The van der Waals surface area contributed by atoms with Crippen LogP contribution in [0.2, 0.25) is 0 Å². The molecule has 0 aliphatic heterocycles. The Labute approximate surface area is 217 Å². The van der Waals surface area contributed by atoms with Crippen LogP contribution in [0.4, 0.5) is 17.6 Å². The molecule has 0 fully saturated rings. The van der Waals surface area contributed by atoms with Gasteiger partial charge >= 0.3 is 11.9 Å². The Balaban J connectivity index is 1.25. The summed E-state index contributed by atoms with van der Waals surface area (Å²) >= 11 is 0. The molecule has 0 radical (unpaired) electrons. The average Bonchev–Trinajstić information content (AvgIpc) is 3.43. The summed E-state index contributed by atoms with van der Waals surface area (Å²) < 4.78 is 69.8. The SMILES string of the molecule is O=C(Oc1ccc(-c2noc(-c3ccc(OC(=O)c4cccc(F)c4F)cc3)n2)cc1)c1cccc(F)c1F. The lowest BCUT2D eigenvalue weighted by Crippen LogP contribution is -2.11. The van der Waals surface area contributed by atoms with E-state index in [1.165, 1.54) is 60.7 Å². The molecule has 39 heavy (non-hydrogen) atoms. The minimum absolute atomic E-state index is 0.0791. The molecule has 0 N–H and O–H groups in total. The quantitative estimate of drug-likeness (QED) is 0.141. The van der Waals surface area contributed by atoms with Crippen LogP contribution in [-0.4, -0.2) is 22.1 Å². The molecule has 0 saturated carbocycles. The first kappa shape index (κ1) is 25.3. The van der Waals surface area contributed by atoms with Crippen molar-refractivity contribution in [2.75, 3.05) is 0 Å². The van der Waals surface area contributed by atoms with Crippen molar-refractivity contribution in [2.24, 2.45) is 0 Å². The number of nitrogens with zero attached hydrogens (tertiary/aromatic N) is 2. The maximum atomic E-state index is 13.8. The van der Waals surface area contributed by atoms with E-state index in [4.69, 9.17) is 14.0 Å². The van der Waals surface area contributed by atoms with Gasteiger partial charge in [0.25, 0.3) is 5.89 Å². The second kappa shape index (κ2) is 10.6. The minimum atomic E-state index is -1.30. The van der Waals surface area contributed by atoms with Crippen molar-refractivity contribution in [3.8, 4) is 34.3 Å². The molecule has 7 nitrogen and oxygen atoms in total. The van der Waals surface area contributed by atoms with Crippen molar-refractivity contribution < 1.29 is 41.1 Å². The summed E-state index contributed by atoms with van der Waals surface area (Å²) in [6.45, 7) is 0. The predicted octanol–water partition coefficient (Wildman–Crippen LogP) is 6.40. The third-order valence-electron chi connectivity index (χ3n) is 5.40. The first-order chi connectivity index (χ1) is 18.8. The standard InChI is InChI=1S/C28H14F4N2O5/c29-21-5-1-3-19(23(21)31)27(35)37-17-11-7-15(8-12-17)25-33-26(39-34-25)16-9-13-18(14-10-16)38-28(36)20-4-2-6-22(30)24(20)32/h1-14H. The maximum absolute atomic E-state index is 13.8. The van der Waals surface area contributed by atoms with E-state index < -0.39 is 46.3 Å². The molecule has 1 aromatic heterocycles. The summed E-state index contributed by atoms with van der Waals surface area (Å²) in [5.74, 6) is -6.55. The number of benzene rings is 4. The van der Waals surface area contributed by atoms with Crippen LogP contribution in [0.1, 0.15) is 20.7 Å². The molecule has 0 atom stereocenters. The fourth-order valence-electron chi connectivity index (χ4n) is 3.44. The molecule has 0 bridgehead atoms. The highest BCUT2D eigenvalue weighted by molar-refractivity contribution is 5.92. The molecule has 5 rings (SSSR count). The number of carbonyl (C=O) groups excluding carboxylic acids is 2. The van der Waals surface area contributed by atoms with E-state index in [1.54, 1.807) is 0 Å². The largest absolute Gasteiger partial charge is 0.423 e.